The first kappa shape index (κ1) is 53.3. The average molecular weight is 772 g/mol. The summed E-state index contributed by atoms with van der Waals surface area (Å²) in [6, 6.07) is -0.771. The van der Waals surface area contributed by atoms with Gasteiger partial charge in [0, 0.05) is 0 Å². The van der Waals surface area contributed by atoms with Crippen molar-refractivity contribution in [1.82, 2.24) is 5.32 Å². The van der Waals surface area contributed by atoms with E-state index in [0.717, 1.165) is 51.4 Å². The quantitative estimate of drug-likeness (QED) is 0.0367. The Morgan fingerprint density at radius 1 is 0.455 bits per heavy atom. The molecule has 0 aromatic carbocycles. The van der Waals surface area contributed by atoms with E-state index >= 15 is 0 Å². The van der Waals surface area contributed by atoms with Crippen LogP contribution in [0.1, 0.15) is 239 Å². The van der Waals surface area contributed by atoms with Gasteiger partial charge >= 0.3 is 0 Å². The van der Waals surface area contributed by atoms with Gasteiger partial charge in [-0.25, -0.2) is 0 Å². The third-order valence-electron chi connectivity index (χ3n) is 10.8. The second-order valence-electron chi connectivity index (χ2n) is 16.3. The van der Waals surface area contributed by atoms with E-state index < -0.39 is 18.2 Å². The first-order chi connectivity index (χ1) is 27.0. The minimum absolute atomic E-state index is 0.00414. The van der Waals surface area contributed by atoms with Crippen LogP contribution in [0.3, 0.4) is 0 Å². The molecule has 0 spiro atoms. The molecule has 0 aliphatic rings. The van der Waals surface area contributed by atoms with E-state index in [-0.39, 0.29) is 18.9 Å². The molecular formula is C50H93NO4. The number of nitrogens with one attached hydrogen (secondary N) is 1. The summed E-state index contributed by atoms with van der Waals surface area (Å²) < 4.78 is 0. The van der Waals surface area contributed by atoms with E-state index in [9.17, 15) is 20.1 Å². The topological polar surface area (TPSA) is 89.8 Å². The molecule has 55 heavy (non-hydrogen) atoms. The third kappa shape index (κ3) is 41.8. The van der Waals surface area contributed by atoms with Crippen molar-refractivity contribution in [3.63, 3.8) is 0 Å². The average Bonchev–Trinajstić information content (AvgIpc) is 3.18. The van der Waals surface area contributed by atoms with Gasteiger partial charge in [0.2, 0.25) is 5.91 Å². The summed E-state index contributed by atoms with van der Waals surface area (Å²) in [6.45, 7) is 4.20. The van der Waals surface area contributed by atoms with Gasteiger partial charge in [0.05, 0.1) is 31.3 Å². The zero-order valence-electron chi connectivity index (χ0n) is 36.6. The highest BCUT2D eigenvalue weighted by Gasteiger charge is 2.20. The Hall–Kier alpha value is -1.69. The van der Waals surface area contributed by atoms with E-state index in [1.807, 2.05) is 6.08 Å². The molecule has 322 valence electrons. The fourth-order valence-electron chi connectivity index (χ4n) is 7.13. The molecule has 0 aromatic heterocycles. The zero-order valence-corrected chi connectivity index (χ0v) is 36.6. The van der Waals surface area contributed by atoms with Crippen molar-refractivity contribution in [3.05, 3.63) is 48.6 Å². The molecule has 0 radical (unpaired) electrons. The van der Waals surface area contributed by atoms with Crippen molar-refractivity contribution in [2.24, 2.45) is 0 Å². The molecule has 0 aromatic rings. The van der Waals surface area contributed by atoms with Crippen LogP contribution in [-0.2, 0) is 4.79 Å². The maximum absolute atomic E-state index is 12.4. The summed E-state index contributed by atoms with van der Waals surface area (Å²) in [4.78, 5) is 12.4. The molecule has 0 saturated heterocycles. The number of rotatable bonds is 43. The lowest BCUT2D eigenvalue weighted by atomic mass is 10.0. The molecule has 5 nitrogen and oxygen atoms in total. The van der Waals surface area contributed by atoms with Crippen molar-refractivity contribution in [3.8, 4) is 0 Å². The Morgan fingerprint density at radius 3 is 1.16 bits per heavy atom. The first-order valence-electron chi connectivity index (χ1n) is 23.9. The number of carbonyl (C=O) groups excluding carboxylic acids is 1. The largest absolute Gasteiger partial charge is 0.394 e. The molecule has 4 N–H and O–H groups in total. The number of amides is 1. The van der Waals surface area contributed by atoms with Crippen molar-refractivity contribution >= 4 is 5.91 Å². The Kier molecular flexibility index (Phi) is 43.6. The maximum atomic E-state index is 12.4. The smallest absolute Gasteiger partial charge is 0.222 e. The number of aliphatic hydroxyl groups is 3. The molecule has 3 unspecified atom stereocenters. The molecule has 0 aliphatic carbocycles. The SMILES string of the molecule is CCCCCCCC/C=C\CCCCCCCC(O)CC(=O)NC(CO)C(O)/C=C/CC/C=C/CC/C=C/CCCCCCCCCCCCCCCCC. The number of hydrogen-bond acceptors (Lipinski definition) is 4. The summed E-state index contributed by atoms with van der Waals surface area (Å²) >= 11 is 0. The number of unbranched alkanes of at least 4 members (excludes halogenated alkanes) is 28. The molecule has 5 heteroatoms. The van der Waals surface area contributed by atoms with Gasteiger partial charge in [0.1, 0.15) is 0 Å². The Balaban J connectivity index is 3.71. The first-order valence-corrected chi connectivity index (χ1v) is 23.9. The molecule has 0 aliphatic heterocycles. The van der Waals surface area contributed by atoms with Crippen LogP contribution >= 0.6 is 0 Å². The molecule has 0 fully saturated rings. The highest BCUT2D eigenvalue weighted by molar-refractivity contribution is 5.76. The van der Waals surface area contributed by atoms with E-state index in [0.29, 0.717) is 6.42 Å². The molecule has 0 saturated carbocycles. The lowest BCUT2D eigenvalue weighted by molar-refractivity contribution is -0.124. The second-order valence-corrected chi connectivity index (χ2v) is 16.3. The Morgan fingerprint density at radius 2 is 0.782 bits per heavy atom. The van der Waals surface area contributed by atoms with E-state index in [2.05, 4.69) is 55.6 Å². The van der Waals surface area contributed by atoms with Gasteiger partial charge in [-0.05, 0) is 70.6 Å². The molecular weight excluding hydrogens is 679 g/mol. The van der Waals surface area contributed by atoms with E-state index in [1.54, 1.807) is 6.08 Å². The molecule has 0 rings (SSSR count). The maximum Gasteiger partial charge on any atom is 0.222 e. The van der Waals surface area contributed by atoms with Gasteiger partial charge < -0.3 is 20.6 Å². The fourth-order valence-corrected chi connectivity index (χ4v) is 7.13. The summed E-state index contributed by atoms with van der Waals surface area (Å²) in [6.07, 6.45) is 58.4. The van der Waals surface area contributed by atoms with Gasteiger partial charge in [-0.1, -0.05) is 210 Å². The molecule has 0 heterocycles. The van der Waals surface area contributed by atoms with Gasteiger partial charge in [0.15, 0.2) is 0 Å². The van der Waals surface area contributed by atoms with Crippen molar-refractivity contribution in [2.45, 2.75) is 257 Å². The van der Waals surface area contributed by atoms with Crippen molar-refractivity contribution in [2.75, 3.05) is 6.61 Å². The van der Waals surface area contributed by atoms with Crippen LogP contribution in [-0.4, -0.2) is 46.1 Å². The number of aliphatic hydroxyl groups excluding tert-OH is 3. The van der Waals surface area contributed by atoms with Crippen LogP contribution in [0.2, 0.25) is 0 Å². The van der Waals surface area contributed by atoms with Crippen LogP contribution < -0.4 is 5.32 Å². The van der Waals surface area contributed by atoms with Crippen molar-refractivity contribution in [1.29, 1.82) is 0 Å². The summed E-state index contributed by atoms with van der Waals surface area (Å²) in [7, 11) is 0. The van der Waals surface area contributed by atoms with Crippen LogP contribution in [0, 0.1) is 0 Å². The number of carbonyl (C=O) groups is 1. The Bertz CT molecular complexity index is 896. The summed E-state index contributed by atoms with van der Waals surface area (Å²) in [5.74, 6) is -0.335. The van der Waals surface area contributed by atoms with Crippen LogP contribution in [0.25, 0.3) is 0 Å². The normalized spacial score (nSPS) is 13.9. The molecule has 0 bridgehead atoms. The summed E-state index contributed by atoms with van der Waals surface area (Å²) in [5, 5.41) is 33.2. The zero-order chi connectivity index (χ0) is 40.1. The molecule has 3 atom stereocenters. The van der Waals surface area contributed by atoms with Crippen LogP contribution in [0.4, 0.5) is 0 Å². The van der Waals surface area contributed by atoms with Gasteiger partial charge in [-0.3, -0.25) is 4.79 Å². The predicted octanol–water partition coefficient (Wildman–Crippen LogP) is 14.1. The lowest BCUT2D eigenvalue weighted by Crippen LogP contribution is -2.45. The molecule has 1 amide bonds. The van der Waals surface area contributed by atoms with E-state index in [4.69, 9.17) is 0 Å². The predicted molar refractivity (Wildman–Crippen MR) is 241 cm³/mol. The minimum atomic E-state index is -0.963. The summed E-state index contributed by atoms with van der Waals surface area (Å²) in [5.41, 5.74) is 0. The Labute approximate surface area is 342 Å². The van der Waals surface area contributed by atoms with Gasteiger partial charge in [0.25, 0.3) is 0 Å². The second kappa shape index (κ2) is 45.0. The minimum Gasteiger partial charge on any atom is -0.394 e. The van der Waals surface area contributed by atoms with Gasteiger partial charge in [-0.2, -0.15) is 0 Å². The van der Waals surface area contributed by atoms with Crippen molar-refractivity contribution < 1.29 is 20.1 Å². The lowest BCUT2D eigenvalue weighted by Gasteiger charge is -2.20. The third-order valence-corrected chi connectivity index (χ3v) is 10.8. The highest BCUT2D eigenvalue weighted by Crippen LogP contribution is 2.15. The standard InChI is InChI=1S/C50H93NO4/c1-3-5-7-9-11-13-15-17-19-20-21-22-23-24-25-26-27-28-30-32-34-36-38-40-42-44-49(54)48(46-52)51-50(55)45-47(53)43-41-39-37-35-33-31-29-18-16-14-12-10-8-6-4-2/h18,27-29,34,36,42,44,47-49,52-54H,3-17,19-26,30-33,35,37-41,43,45-46H2,1-2H3,(H,51,55)/b28-27+,29-18-,36-34+,44-42+. The van der Waals surface area contributed by atoms with Crippen LogP contribution in [0.5, 0.6) is 0 Å². The number of allylic oxidation sites excluding steroid dienone is 7. The van der Waals surface area contributed by atoms with Gasteiger partial charge in [-0.15, -0.1) is 0 Å². The monoisotopic (exact) mass is 772 g/mol. The fraction of sp³-hybridized carbons (Fsp3) is 0.820. The van der Waals surface area contributed by atoms with Crippen LogP contribution in [0.15, 0.2) is 48.6 Å². The highest BCUT2D eigenvalue weighted by atomic mass is 16.3. The number of hydrogen-bond donors (Lipinski definition) is 4. The van der Waals surface area contributed by atoms with E-state index in [1.165, 1.54) is 161 Å².